The number of likely N-dealkylation sites (tertiary alicyclic amines) is 1. The van der Waals surface area contributed by atoms with Crippen LogP contribution in [0.15, 0.2) is 0 Å². The zero-order valence-corrected chi connectivity index (χ0v) is 12.3. The largest absolute Gasteiger partial charge is 0.330 e. The molecule has 18 heavy (non-hydrogen) atoms. The van der Waals surface area contributed by atoms with Crippen molar-refractivity contribution < 1.29 is 0 Å². The summed E-state index contributed by atoms with van der Waals surface area (Å²) >= 11 is 0. The van der Waals surface area contributed by atoms with Crippen LogP contribution in [0.25, 0.3) is 0 Å². The van der Waals surface area contributed by atoms with E-state index in [1.165, 1.54) is 58.2 Å². The lowest BCUT2D eigenvalue weighted by Crippen LogP contribution is -2.46. The molecular formula is C15H31N3. The van der Waals surface area contributed by atoms with Crippen LogP contribution in [0.4, 0.5) is 0 Å². The van der Waals surface area contributed by atoms with Crippen LogP contribution < -0.4 is 5.73 Å². The molecule has 1 aliphatic carbocycles. The maximum atomic E-state index is 5.77. The Kier molecular flexibility index (Phi) is 5.46. The Morgan fingerprint density at radius 3 is 2.33 bits per heavy atom. The number of likely N-dealkylation sites (N-methyl/N-ethyl adjacent to an activating group) is 1. The van der Waals surface area contributed by atoms with E-state index in [2.05, 4.69) is 23.9 Å². The van der Waals surface area contributed by atoms with Crippen molar-refractivity contribution in [2.75, 3.05) is 40.3 Å². The molecule has 0 aromatic rings. The van der Waals surface area contributed by atoms with Crippen LogP contribution in [0.5, 0.6) is 0 Å². The number of hydrogen-bond donors (Lipinski definition) is 1. The smallest absolute Gasteiger partial charge is 0.0217 e. The third-order valence-corrected chi connectivity index (χ3v) is 5.03. The van der Waals surface area contributed by atoms with Crippen molar-refractivity contribution in [2.45, 2.75) is 44.6 Å². The van der Waals surface area contributed by atoms with Crippen LogP contribution in [0.2, 0.25) is 0 Å². The summed E-state index contributed by atoms with van der Waals surface area (Å²) in [6.07, 6.45) is 8.30. The molecule has 0 bridgehead atoms. The molecule has 1 saturated carbocycles. The molecular weight excluding hydrogens is 222 g/mol. The molecule has 1 heterocycles. The minimum absolute atomic E-state index is 0.777. The highest BCUT2D eigenvalue weighted by Crippen LogP contribution is 2.29. The summed E-state index contributed by atoms with van der Waals surface area (Å²) in [4.78, 5) is 5.11. The molecule has 1 unspecified atom stereocenters. The van der Waals surface area contributed by atoms with Crippen molar-refractivity contribution in [1.29, 1.82) is 0 Å². The van der Waals surface area contributed by atoms with E-state index in [1.807, 2.05) is 0 Å². The van der Waals surface area contributed by atoms with Crippen molar-refractivity contribution in [3.05, 3.63) is 0 Å². The number of hydrogen-bond acceptors (Lipinski definition) is 3. The van der Waals surface area contributed by atoms with Gasteiger partial charge in [-0.3, -0.25) is 0 Å². The fourth-order valence-electron chi connectivity index (χ4n) is 3.63. The summed E-state index contributed by atoms with van der Waals surface area (Å²) < 4.78 is 0. The Bertz CT molecular complexity index is 234. The summed E-state index contributed by atoms with van der Waals surface area (Å²) in [6.45, 7) is 4.84. The van der Waals surface area contributed by atoms with Gasteiger partial charge in [-0.2, -0.15) is 0 Å². The van der Waals surface area contributed by atoms with Crippen molar-refractivity contribution >= 4 is 0 Å². The Labute approximate surface area is 113 Å². The average Bonchev–Trinajstić information content (AvgIpc) is 2.40. The van der Waals surface area contributed by atoms with Crippen LogP contribution >= 0.6 is 0 Å². The van der Waals surface area contributed by atoms with E-state index >= 15 is 0 Å². The third kappa shape index (κ3) is 3.94. The Balaban J connectivity index is 1.73. The van der Waals surface area contributed by atoms with Crippen LogP contribution in [-0.2, 0) is 0 Å². The van der Waals surface area contributed by atoms with E-state index in [0.717, 1.165) is 24.4 Å². The van der Waals surface area contributed by atoms with E-state index in [0.29, 0.717) is 0 Å². The zero-order chi connectivity index (χ0) is 13.0. The first kappa shape index (κ1) is 14.3. The summed E-state index contributed by atoms with van der Waals surface area (Å²) in [5.74, 6) is 1.76. The molecule has 1 saturated heterocycles. The van der Waals surface area contributed by atoms with Crippen molar-refractivity contribution in [3.8, 4) is 0 Å². The molecule has 1 aliphatic heterocycles. The molecule has 0 aromatic carbocycles. The van der Waals surface area contributed by atoms with Crippen molar-refractivity contribution in [1.82, 2.24) is 9.80 Å². The lowest BCUT2D eigenvalue weighted by Gasteiger charge is -2.39. The van der Waals surface area contributed by atoms with E-state index in [1.54, 1.807) is 0 Å². The highest BCUT2D eigenvalue weighted by molar-refractivity contribution is 4.81. The lowest BCUT2D eigenvalue weighted by atomic mass is 9.81. The number of nitrogens with zero attached hydrogens (tertiary/aromatic N) is 2. The molecule has 0 spiro atoms. The van der Waals surface area contributed by atoms with Gasteiger partial charge in [0.25, 0.3) is 0 Å². The fourth-order valence-corrected chi connectivity index (χ4v) is 3.63. The van der Waals surface area contributed by atoms with Gasteiger partial charge in [0.2, 0.25) is 0 Å². The summed E-state index contributed by atoms with van der Waals surface area (Å²) in [6, 6.07) is 0.777. The first-order valence-corrected chi connectivity index (χ1v) is 7.78. The second-order valence-electron chi connectivity index (χ2n) is 6.64. The van der Waals surface area contributed by atoms with Crippen molar-refractivity contribution in [3.63, 3.8) is 0 Å². The molecule has 3 nitrogen and oxygen atoms in total. The number of piperidine rings is 1. The van der Waals surface area contributed by atoms with E-state index in [-0.39, 0.29) is 0 Å². The molecule has 3 heteroatoms. The number of rotatable bonds is 4. The monoisotopic (exact) mass is 253 g/mol. The first-order valence-electron chi connectivity index (χ1n) is 7.78. The zero-order valence-electron chi connectivity index (χ0n) is 12.3. The van der Waals surface area contributed by atoms with Crippen LogP contribution in [0, 0.1) is 11.8 Å². The summed E-state index contributed by atoms with van der Waals surface area (Å²) in [7, 11) is 4.45. The average molecular weight is 253 g/mol. The van der Waals surface area contributed by atoms with E-state index < -0.39 is 0 Å². The Morgan fingerprint density at radius 2 is 1.72 bits per heavy atom. The van der Waals surface area contributed by atoms with Gasteiger partial charge in [0.05, 0.1) is 0 Å². The van der Waals surface area contributed by atoms with Gasteiger partial charge >= 0.3 is 0 Å². The molecule has 1 atom stereocenters. The molecule has 2 rings (SSSR count). The first-order chi connectivity index (χ1) is 8.69. The van der Waals surface area contributed by atoms with Crippen LogP contribution in [0.3, 0.4) is 0 Å². The maximum absolute atomic E-state index is 5.77. The maximum Gasteiger partial charge on any atom is 0.0217 e. The Hall–Kier alpha value is -0.120. The van der Waals surface area contributed by atoms with Crippen LogP contribution in [-0.4, -0.2) is 56.1 Å². The van der Waals surface area contributed by atoms with Crippen molar-refractivity contribution in [2.24, 2.45) is 17.6 Å². The summed E-state index contributed by atoms with van der Waals surface area (Å²) in [5.41, 5.74) is 5.77. The van der Waals surface area contributed by atoms with Gasteiger partial charge in [0.1, 0.15) is 0 Å². The fraction of sp³-hybridized carbons (Fsp3) is 1.00. The minimum Gasteiger partial charge on any atom is -0.330 e. The second-order valence-corrected chi connectivity index (χ2v) is 6.64. The summed E-state index contributed by atoms with van der Waals surface area (Å²) in [5, 5.41) is 0. The van der Waals surface area contributed by atoms with Gasteiger partial charge in [0.15, 0.2) is 0 Å². The molecule has 2 N–H and O–H groups in total. The van der Waals surface area contributed by atoms with Gasteiger partial charge in [0, 0.05) is 19.1 Å². The van der Waals surface area contributed by atoms with E-state index in [4.69, 9.17) is 5.73 Å². The predicted octanol–water partition coefficient (Wildman–Crippen LogP) is 1.78. The highest BCUT2D eigenvalue weighted by Gasteiger charge is 2.26. The minimum atomic E-state index is 0.777. The van der Waals surface area contributed by atoms with Gasteiger partial charge < -0.3 is 15.5 Å². The van der Waals surface area contributed by atoms with Gasteiger partial charge in [-0.25, -0.2) is 0 Å². The molecule has 0 amide bonds. The number of nitrogens with two attached hydrogens (primary N) is 1. The third-order valence-electron chi connectivity index (χ3n) is 5.03. The highest BCUT2D eigenvalue weighted by atomic mass is 15.2. The normalized spacial score (nSPS) is 35.0. The molecule has 0 aromatic heterocycles. The van der Waals surface area contributed by atoms with Gasteiger partial charge in [-0.1, -0.05) is 0 Å². The second kappa shape index (κ2) is 6.88. The Morgan fingerprint density at radius 1 is 1.06 bits per heavy atom. The predicted molar refractivity (Wildman–Crippen MR) is 77.7 cm³/mol. The molecule has 0 radical (unpaired) electrons. The molecule has 106 valence electrons. The lowest BCUT2D eigenvalue weighted by molar-refractivity contribution is 0.105. The SMILES string of the molecule is CN(C)C1CCCN(CC2CCC(CN)CC2)C1. The standard InChI is InChI=1S/C15H31N3/c1-17(2)15-4-3-9-18(12-15)11-14-7-5-13(10-16)6-8-14/h13-15H,3-12,16H2,1-2H3. The van der Waals surface area contributed by atoms with Gasteiger partial charge in [-0.15, -0.1) is 0 Å². The molecule has 2 fully saturated rings. The molecule has 2 aliphatic rings. The van der Waals surface area contributed by atoms with Crippen LogP contribution in [0.1, 0.15) is 38.5 Å². The quantitative estimate of drug-likeness (QED) is 0.829. The van der Waals surface area contributed by atoms with E-state index in [9.17, 15) is 0 Å². The topological polar surface area (TPSA) is 32.5 Å². The van der Waals surface area contributed by atoms with Gasteiger partial charge in [-0.05, 0) is 77.5 Å².